The first kappa shape index (κ1) is 21.2. The summed E-state index contributed by atoms with van der Waals surface area (Å²) in [5.41, 5.74) is 4.91. The van der Waals surface area contributed by atoms with Crippen LogP contribution in [-0.4, -0.2) is 38.6 Å². The van der Waals surface area contributed by atoms with E-state index < -0.39 is 29.2 Å². The van der Waals surface area contributed by atoms with E-state index in [1.807, 2.05) is 0 Å². The highest BCUT2D eigenvalue weighted by atomic mass is 19.1. The van der Waals surface area contributed by atoms with Gasteiger partial charge >= 0.3 is 5.97 Å². The Morgan fingerprint density at radius 1 is 1.27 bits per heavy atom. The highest BCUT2D eigenvalue weighted by Gasteiger charge is 2.27. The quantitative estimate of drug-likeness (QED) is 0.426. The second-order valence-corrected chi connectivity index (χ2v) is 7.34. The molecule has 0 radical (unpaired) electrons. The van der Waals surface area contributed by atoms with Gasteiger partial charge in [-0.3, -0.25) is 19.8 Å². The number of aryl methyl sites for hydroxylation is 1. The van der Waals surface area contributed by atoms with Gasteiger partial charge < -0.3 is 16.2 Å². The molecule has 1 aromatic heterocycles. The molecule has 30 heavy (non-hydrogen) atoms. The number of carboxylic acids is 1. The standard InChI is InChI=1S/C20H22FN5O4/c1-26-19(28)14(18(27)24-12-5-2-10(3-6-12)20(29)30)9-16(25-26)13-7-4-11(17(22)23)8-15(13)21/h4,7-10,12H,2-3,5-6H2,1H3,(H3,22,23)(H,24,27)(H,29,30). The lowest BCUT2D eigenvalue weighted by Gasteiger charge is -2.26. The fraction of sp³-hybridized carbons (Fsp3) is 0.350. The van der Waals surface area contributed by atoms with E-state index in [1.165, 1.54) is 25.2 Å². The lowest BCUT2D eigenvalue weighted by atomic mass is 9.86. The van der Waals surface area contributed by atoms with Crippen LogP contribution in [0.3, 0.4) is 0 Å². The molecular weight excluding hydrogens is 393 g/mol. The normalized spacial score (nSPS) is 18.6. The number of carbonyl (C=O) groups excluding carboxylic acids is 1. The van der Waals surface area contributed by atoms with Gasteiger partial charge in [0, 0.05) is 24.2 Å². The number of nitrogen functional groups attached to an aromatic ring is 1. The van der Waals surface area contributed by atoms with Crippen LogP contribution in [0, 0.1) is 17.1 Å². The molecule has 1 aliphatic rings. The van der Waals surface area contributed by atoms with Crippen molar-refractivity contribution in [2.24, 2.45) is 18.7 Å². The molecule has 158 valence electrons. The molecule has 0 saturated heterocycles. The van der Waals surface area contributed by atoms with Crippen molar-refractivity contribution in [3.05, 3.63) is 51.6 Å². The Morgan fingerprint density at radius 3 is 2.50 bits per heavy atom. The lowest BCUT2D eigenvalue weighted by Crippen LogP contribution is -2.41. The van der Waals surface area contributed by atoms with Gasteiger partial charge in [0.2, 0.25) is 0 Å². The van der Waals surface area contributed by atoms with E-state index in [4.69, 9.17) is 16.2 Å². The minimum absolute atomic E-state index is 0.0617. The molecule has 0 bridgehead atoms. The number of nitrogens with two attached hydrogens (primary N) is 1. The minimum Gasteiger partial charge on any atom is -0.481 e. The summed E-state index contributed by atoms with van der Waals surface area (Å²) in [7, 11) is 1.36. The number of aromatic nitrogens is 2. The monoisotopic (exact) mass is 415 g/mol. The van der Waals surface area contributed by atoms with Crippen molar-refractivity contribution in [2.45, 2.75) is 31.7 Å². The minimum atomic E-state index is -0.842. The number of nitrogens with zero attached hydrogens (tertiary/aromatic N) is 2. The van der Waals surface area contributed by atoms with Gasteiger partial charge in [-0.2, -0.15) is 5.10 Å². The highest BCUT2D eigenvalue weighted by Crippen LogP contribution is 2.25. The summed E-state index contributed by atoms with van der Waals surface area (Å²) in [4.78, 5) is 36.2. The van der Waals surface area contributed by atoms with Crippen LogP contribution in [0.25, 0.3) is 11.3 Å². The number of benzene rings is 1. The number of amidine groups is 1. The van der Waals surface area contributed by atoms with Crippen molar-refractivity contribution >= 4 is 17.7 Å². The number of hydrogen-bond acceptors (Lipinski definition) is 5. The third kappa shape index (κ3) is 4.37. The molecule has 2 aromatic rings. The van der Waals surface area contributed by atoms with Gasteiger partial charge in [0.1, 0.15) is 17.2 Å². The molecule has 0 unspecified atom stereocenters. The van der Waals surface area contributed by atoms with Gasteiger partial charge in [0.05, 0.1) is 11.6 Å². The van der Waals surface area contributed by atoms with Crippen molar-refractivity contribution in [1.82, 2.24) is 15.1 Å². The predicted molar refractivity (Wildman–Crippen MR) is 107 cm³/mol. The summed E-state index contributed by atoms with van der Waals surface area (Å²) in [5.74, 6) is -2.85. The van der Waals surface area contributed by atoms with Crippen molar-refractivity contribution < 1.29 is 19.1 Å². The Labute approximate surface area is 171 Å². The molecule has 0 atom stereocenters. The van der Waals surface area contributed by atoms with Crippen LogP contribution in [0.15, 0.2) is 29.1 Å². The molecule has 1 aliphatic carbocycles. The van der Waals surface area contributed by atoms with E-state index in [2.05, 4.69) is 10.4 Å². The number of rotatable bonds is 5. The zero-order valence-corrected chi connectivity index (χ0v) is 16.3. The van der Waals surface area contributed by atoms with Gasteiger partial charge in [-0.25, -0.2) is 9.07 Å². The molecule has 1 aromatic carbocycles. The summed E-state index contributed by atoms with van der Waals surface area (Å²) < 4.78 is 15.5. The number of halogens is 1. The Bertz CT molecular complexity index is 1070. The van der Waals surface area contributed by atoms with Crippen LogP contribution in [-0.2, 0) is 11.8 Å². The first-order valence-electron chi connectivity index (χ1n) is 9.43. The predicted octanol–water partition coefficient (Wildman–Crippen LogP) is 1.24. The number of nitrogens with one attached hydrogen (secondary N) is 2. The molecule has 9 nitrogen and oxygen atoms in total. The number of hydrogen-bond donors (Lipinski definition) is 4. The average molecular weight is 415 g/mol. The second kappa shape index (κ2) is 8.44. The Kier molecular flexibility index (Phi) is 5.95. The third-order valence-corrected chi connectivity index (χ3v) is 5.28. The Hall–Kier alpha value is -3.56. The third-order valence-electron chi connectivity index (χ3n) is 5.28. The number of aliphatic carboxylic acids is 1. The lowest BCUT2D eigenvalue weighted by molar-refractivity contribution is -0.142. The fourth-order valence-corrected chi connectivity index (χ4v) is 3.54. The van der Waals surface area contributed by atoms with Gasteiger partial charge in [-0.1, -0.05) is 6.07 Å². The average Bonchev–Trinajstić information content (AvgIpc) is 2.70. The van der Waals surface area contributed by atoms with E-state index in [1.54, 1.807) is 0 Å². The van der Waals surface area contributed by atoms with E-state index in [9.17, 15) is 18.8 Å². The molecule has 1 heterocycles. The molecule has 0 spiro atoms. The van der Waals surface area contributed by atoms with Crippen molar-refractivity contribution in [3.63, 3.8) is 0 Å². The molecule has 1 amide bonds. The van der Waals surface area contributed by atoms with Crippen LogP contribution >= 0.6 is 0 Å². The van der Waals surface area contributed by atoms with E-state index >= 15 is 0 Å². The largest absolute Gasteiger partial charge is 0.481 e. The van der Waals surface area contributed by atoms with Crippen LogP contribution < -0.4 is 16.6 Å². The molecule has 0 aliphatic heterocycles. The maximum absolute atomic E-state index is 14.5. The molecule has 1 saturated carbocycles. The highest BCUT2D eigenvalue weighted by molar-refractivity contribution is 5.96. The zero-order chi connectivity index (χ0) is 22.0. The first-order valence-corrected chi connectivity index (χ1v) is 9.43. The summed E-state index contributed by atoms with van der Waals surface area (Å²) in [5, 5.41) is 23.3. The first-order chi connectivity index (χ1) is 14.2. The summed E-state index contributed by atoms with van der Waals surface area (Å²) in [6, 6.07) is 4.92. The van der Waals surface area contributed by atoms with Crippen molar-refractivity contribution in [2.75, 3.05) is 0 Å². The van der Waals surface area contributed by atoms with Crippen molar-refractivity contribution in [3.8, 4) is 11.3 Å². The maximum atomic E-state index is 14.5. The van der Waals surface area contributed by atoms with Gasteiger partial charge in [-0.05, 0) is 43.9 Å². The number of amides is 1. The maximum Gasteiger partial charge on any atom is 0.306 e. The zero-order valence-electron chi connectivity index (χ0n) is 16.3. The molecule has 5 N–H and O–H groups in total. The van der Waals surface area contributed by atoms with Crippen LogP contribution in [0.2, 0.25) is 0 Å². The van der Waals surface area contributed by atoms with Crippen LogP contribution in [0.4, 0.5) is 4.39 Å². The molecule has 10 heteroatoms. The molecule has 1 fully saturated rings. The molecule has 3 rings (SSSR count). The Balaban J connectivity index is 1.85. The van der Waals surface area contributed by atoms with Crippen molar-refractivity contribution in [1.29, 1.82) is 5.41 Å². The van der Waals surface area contributed by atoms with E-state index in [-0.39, 0.29) is 34.3 Å². The Morgan fingerprint density at radius 2 is 1.93 bits per heavy atom. The SMILES string of the molecule is Cn1nc(-c2ccc(C(=N)N)cc2F)cc(C(=O)NC2CCC(C(=O)O)CC2)c1=O. The van der Waals surface area contributed by atoms with Crippen LogP contribution in [0.5, 0.6) is 0 Å². The molecular formula is C20H22FN5O4. The van der Waals surface area contributed by atoms with E-state index in [0.29, 0.717) is 25.7 Å². The van der Waals surface area contributed by atoms with Gasteiger partial charge in [-0.15, -0.1) is 0 Å². The second-order valence-electron chi connectivity index (χ2n) is 7.34. The summed E-state index contributed by atoms with van der Waals surface area (Å²) in [6.45, 7) is 0. The number of carboxylic acid groups (broad SMARTS) is 1. The van der Waals surface area contributed by atoms with E-state index in [0.717, 1.165) is 10.7 Å². The fourth-order valence-electron chi connectivity index (χ4n) is 3.54. The topological polar surface area (TPSA) is 151 Å². The number of carbonyl (C=O) groups is 2. The summed E-state index contributed by atoms with van der Waals surface area (Å²) >= 11 is 0. The van der Waals surface area contributed by atoms with Crippen LogP contribution in [0.1, 0.15) is 41.6 Å². The summed E-state index contributed by atoms with van der Waals surface area (Å²) in [6.07, 6.45) is 1.91. The van der Waals surface area contributed by atoms with Gasteiger partial charge in [0.15, 0.2) is 0 Å². The van der Waals surface area contributed by atoms with Gasteiger partial charge in [0.25, 0.3) is 11.5 Å². The smallest absolute Gasteiger partial charge is 0.306 e.